The van der Waals surface area contributed by atoms with Crippen molar-refractivity contribution in [2.75, 3.05) is 60.8 Å². The number of carbonyl (C=O) groups excluding carboxylic acids is 4. The number of hydrogen-bond acceptors (Lipinski definition) is 23. The quantitative estimate of drug-likeness (QED) is 0.0257. The second-order valence-corrected chi connectivity index (χ2v) is 21.7. The largest absolute Gasteiger partial charge is 0.461 e. The van der Waals surface area contributed by atoms with Crippen LogP contribution in [-0.4, -0.2) is 194 Å². The lowest BCUT2D eigenvalue weighted by atomic mass is 10.0. The van der Waals surface area contributed by atoms with Gasteiger partial charge in [-0.05, 0) is 27.7 Å². The molecule has 0 aliphatic carbocycles. The molecular weight excluding hydrogens is 1110 g/mol. The molecule has 13 atom stereocenters. The molecule has 3 saturated heterocycles. The number of esters is 1. The molecule has 35 heteroatoms. The Morgan fingerprint density at radius 3 is 1.64 bits per heavy atom. The minimum Gasteiger partial charge on any atom is -0.461 e. The summed E-state index contributed by atoms with van der Waals surface area (Å²) in [7, 11) is -1.21. The molecule has 0 bridgehead atoms. The number of aromatic amines is 3. The smallest absolute Gasteiger partial charge is 0.359 e. The summed E-state index contributed by atoms with van der Waals surface area (Å²) in [5.41, 5.74) is -7.95. The maximum absolute atomic E-state index is 17.6. The predicted molar refractivity (Wildman–Crippen MR) is 269 cm³/mol. The number of carbonyl (C=O) groups is 4. The number of aliphatic hydroxyl groups is 2. The number of nitrogens with zero attached hydrogens (tertiary/aromatic N) is 3. The van der Waals surface area contributed by atoms with Crippen LogP contribution in [0.3, 0.4) is 0 Å². The zero-order valence-electron chi connectivity index (χ0n) is 44.8. The van der Waals surface area contributed by atoms with E-state index in [-0.39, 0.29) is 19.4 Å². The molecule has 33 nitrogen and oxygen atoms in total. The number of alkyl halides is 1. The van der Waals surface area contributed by atoms with E-state index in [1.165, 1.54) is 21.1 Å². The number of ether oxygens (including phenoxy) is 9. The summed E-state index contributed by atoms with van der Waals surface area (Å²) in [4.78, 5) is 144. The van der Waals surface area contributed by atoms with Gasteiger partial charge in [-0.1, -0.05) is 0 Å². The maximum atomic E-state index is 17.6. The van der Waals surface area contributed by atoms with Crippen molar-refractivity contribution in [1.29, 1.82) is 0 Å². The highest BCUT2D eigenvalue weighted by atomic mass is 31.2. The lowest BCUT2D eigenvalue weighted by Gasteiger charge is -2.36. The van der Waals surface area contributed by atoms with E-state index < -0.39 is 189 Å². The zero-order chi connectivity index (χ0) is 59.8. The van der Waals surface area contributed by atoms with Crippen molar-refractivity contribution in [1.82, 2.24) is 44.6 Å². The highest BCUT2D eigenvalue weighted by molar-refractivity contribution is 7.54. The highest BCUT2D eigenvalue weighted by Gasteiger charge is 2.63. The number of rotatable bonds is 27. The van der Waals surface area contributed by atoms with Crippen LogP contribution in [0.4, 0.5) is 4.39 Å². The van der Waals surface area contributed by atoms with Crippen LogP contribution in [-0.2, 0) is 70.9 Å². The number of nitrogens with one attached hydrogen (secondary N) is 6. The van der Waals surface area contributed by atoms with E-state index in [2.05, 4.69) is 20.9 Å². The van der Waals surface area contributed by atoms with Gasteiger partial charge in [-0.3, -0.25) is 62.0 Å². The topological polar surface area (TPSA) is 439 Å². The van der Waals surface area contributed by atoms with Gasteiger partial charge in [-0.15, -0.1) is 0 Å². The maximum Gasteiger partial charge on any atom is 0.359 e. The van der Waals surface area contributed by atoms with E-state index in [0.29, 0.717) is 4.57 Å². The fraction of sp³-hybridized carbons (Fsp3) is 0.652. The predicted octanol–water partition coefficient (Wildman–Crippen LogP) is -4.43. The van der Waals surface area contributed by atoms with Gasteiger partial charge in [0.2, 0.25) is 17.7 Å². The van der Waals surface area contributed by atoms with Crippen molar-refractivity contribution < 1.29 is 90.4 Å². The standard InChI is InChI=1S/C46H65FN9O24P/c1-44(2,80-36-23(20-57)78-39(56-16-10-31(63)53-43(56)68)46(36,47)74-19-13-28(60)50-7)40(65)73-21-25-33(35(72-18-12-27(59)49-6)38(77-25)55-15-9-30(62)52-42(55)67)79-45(3,4)81(69,70)75-22-24-32(64)34(71-17-11-26(58)48-5)37(76-24)54-14-8-29(61)51-41(54)66/h8-10,14-16,23-25,32-39,57,64H,11-13,17-22H2,1-7H3,(H,48,58)(H,49,59)(H,50,60)(H,69,70)(H,51,61,66)(H,52,62,67)(H,53,63,68)/t23?,24?,25?,32?,33?,34?,35?,36-,37?,38?,39+,46?/m0/s1. The highest BCUT2D eigenvalue weighted by Crippen LogP contribution is 2.58. The van der Waals surface area contributed by atoms with E-state index in [1.54, 1.807) is 0 Å². The number of hydrogen-bond donors (Lipinski definition) is 9. The van der Waals surface area contributed by atoms with Crippen molar-refractivity contribution in [3.8, 4) is 0 Å². The Bertz CT molecular complexity index is 3140. The SMILES string of the molecule is CNC(=O)CCOC1C(O)C(COP(=O)(O)C(C)(C)OC2C(COC(=O)C(C)(C)O[C@H]3C(CO)O[C@@H](n4ccc(=O)[nH]c4=O)C3(F)OCCC(=O)NC)OC(n3ccc(=O)[nH]c3=O)C2OCCC(=O)NC)OC1n1ccc(=O)[nH]c1=O. The van der Waals surface area contributed by atoms with Crippen molar-refractivity contribution >= 4 is 31.3 Å². The monoisotopic (exact) mass is 1180 g/mol. The molecule has 450 valence electrons. The third-order valence-electron chi connectivity index (χ3n) is 13.1. The Kier molecular flexibility index (Phi) is 21.0. The normalized spacial score (nSPS) is 27.4. The van der Waals surface area contributed by atoms with Gasteiger partial charge < -0.3 is 78.2 Å². The van der Waals surface area contributed by atoms with Crippen LogP contribution in [0, 0.1) is 0 Å². The second kappa shape index (κ2) is 26.7. The van der Waals surface area contributed by atoms with E-state index in [4.69, 9.17) is 47.2 Å². The van der Waals surface area contributed by atoms with Crippen molar-refractivity contribution in [3.05, 3.63) is 99.3 Å². The molecule has 3 aliphatic heterocycles. The minimum absolute atomic E-state index is 0.194. The van der Waals surface area contributed by atoms with E-state index in [0.717, 1.165) is 73.6 Å². The molecule has 0 spiro atoms. The van der Waals surface area contributed by atoms with Crippen LogP contribution in [0.5, 0.6) is 0 Å². The first kappa shape index (κ1) is 63.8. The van der Waals surface area contributed by atoms with E-state index in [1.807, 2.05) is 9.97 Å². The van der Waals surface area contributed by atoms with Gasteiger partial charge in [-0.25, -0.2) is 23.6 Å². The molecule has 0 saturated carbocycles. The first-order chi connectivity index (χ1) is 38.1. The molecule has 3 fully saturated rings. The average molecular weight is 1180 g/mol. The third-order valence-corrected chi connectivity index (χ3v) is 15.0. The molecule has 3 aromatic rings. The van der Waals surface area contributed by atoms with Crippen LogP contribution < -0.4 is 49.7 Å². The summed E-state index contributed by atoms with van der Waals surface area (Å²) in [6.45, 7) is 0.176. The number of halogens is 1. The van der Waals surface area contributed by atoms with Gasteiger partial charge in [0.05, 0.1) is 39.5 Å². The lowest BCUT2D eigenvalue weighted by molar-refractivity contribution is -0.258. The summed E-state index contributed by atoms with van der Waals surface area (Å²) >= 11 is 0. The van der Waals surface area contributed by atoms with Crippen molar-refractivity contribution in [2.45, 2.75) is 131 Å². The number of amides is 3. The second-order valence-electron chi connectivity index (χ2n) is 19.4. The van der Waals surface area contributed by atoms with Crippen LogP contribution in [0.2, 0.25) is 0 Å². The molecule has 3 aliphatic rings. The number of aromatic nitrogens is 6. The van der Waals surface area contributed by atoms with E-state index >= 15 is 4.39 Å². The molecule has 81 heavy (non-hydrogen) atoms. The Labute approximate surface area is 456 Å². The Balaban J connectivity index is 1.29. The molecule has 6 heterocycles. The van der Waals surface area contributed by atoms with Gasteiger partial charge in [-0.2, -0.15) is 0 Å². The van der Waals surface area contributed by atoms with Gasteiger partial charge >= 0.3 is 30.6 Å². The molecule has 0 aromatic carbocycles. The van der Waals surface area contributed by atoms with Crippen LogP contribution >= 0.6 is 7.60 Å². The molecule has 9 N–H and O–H groups in total. The van der Waals surface area contributed by atoms with Gasteiger partial charge in [0.15, 0.2) is 35.7 Å². The van der Waals surface area contributed by atoms with Crippen molar-refractivity contribution in [3.63, 3.8) is 0 Å². The lowest BCUT2D eigenvalue weighted by Crippen LogP contribution is -2.54. The third kappa shape index (κ3) is 14.8. The molecule has 6 rings (SSSR count). The van der Waals surface area contributed by atoms with Crippen LogP contribution in [0.15, 0.2) is 65.6 Å². The van der Waals surface area contributed by atoms with Crippen molar-refractivity contribution in [2.24, 2.45) is 0 Å². The summed E-state index contributed by atoms with van der Waals surface area (Å²) in [6.07, 6.45) is -16.7. The fourth-order valence-corrected chi connectivity index (χ4v) is 9.53. The Morgan fingerprint density at radius 2 is 1.15 bits per heavy atom. The van der Waals surface area contributed by atoms with E-state index in [9.17, 15) is 67.6 Å². The first-order valence-electron chi connectivity index (χ1n) is 25.0. The summed E-state index contributed by atoms with van der Waals surface area (Å²) in [5.74, 6) is -6.15. The fourth-order valence-electron chi connectivity index (χ4n) is 8.62. The van der Waals surface area contributed by atoms with Crippen LogP contribution in [0.25, 0.3) is 0 Å². The van der Waals surface area contributed by atoms with Gasteiger partial charge in [0.1, 0.15) is 49.3 Å². The molecule has 11 unspecified atom stereocenters. The summed E-state index contributed by atoms with van der Waals surface area (Å²) in [6, 6.07) is 2.79. The minimum atomic E-state index is -5.23. The number of aliphatic hydroxyl groups excluding tert-OH is 2. The average Bonchev–Trinajstić information content (AvgIpc) is 4.02. The Hall–Kier alpha value is -6.40. The van der Waals surface area contributed by atoms with Gasteiger partial charge in [0, 0.05) is 70.8 Å². The van der Waals surface area contributed by atoms with Crippen LogP contribution in [0.1, 0.15) is 65.6 Å². The molecular formula is C46H65FN9O24P. The Morgan fingerprint density at radius 1 is 0.679 bits per heavy atom. The zero-order valence-corrected chi connectivity index (χ0v) is 45.7. The summed E-state index contributed by atoms with van der Waals surface area (Å²) < 4.78 is 93.2. The molecule has 0 radical (unpaired) electrons. The molecule has 3 amide bonds. The first-order valence-corrected chi connectivity index (χ1v) is 26.6. The summed E-state index contributed by atoms with van der Waals surface area (Å²) in [5, 5.41) is 26.6. The van der Waals surface area contributed by atoms with Gasteiger partial charge in [0.25, 0.3) is 22.5 Å². The number of H-pyrrole nitrogens is 3. The molecule has 3 aromatic heterocycles.